The molecule has 0 atom stereocenters. The van der Waals surface area contributed by atoms with Gasteiger partial charge in [0.15, 0.2) is 5.13 Å². The number of hydrogen-bond donors (Lipinski definition) is 0. The summed E-state index contributed by atoms with van der Waals surface area (Å²) in [4.78, 5) is 18.5. The van der Waals surface area contributed by atoms with Crippen molar-refractivity contribution in [1.82, 2.24) is 4.98 Å². The van der Waals surface area contributed by atoms with E-state index < -0.39 is 6.09 Å². The van der Waals surface area contributed by atoms with Crippen molar-refractivity contribution < 1.29 is 9.53 Å². The summed E-state index contributed by atoms with van der Waals surface area (Å²) < 4.78 is 5.42. The molecule has 0 bridgehead atoms. The summed E-state index contributed by atoms with van der Waals surface area (Å²) in [6, 6.07) is 17.0. The quantitative estimate of drug-likeness (QED) is 0.505. The Bertz CT molecular complexity index is 878. The van der Waals surface area contributed by atoms with Gasteiger partial charge in [-0.2, -0.15) is 0 Å². The Morgan fingerprint density at radius 2 is 1.92 bits per heavy atom. The zero-order valence-electron chi connectivity index (χ0n) is 14.0. The molecule has 0 unspecified atom stereocenters. The van der Waals surface area contributed by atoms with Crippen LogP contribution in [0.5, 0.6) is 0 Å². The van der Waals surface area contributed by atoms with Gasteiger partial charge in [0.05, 0.1) is 5.69 Å². The Hall–Kier alpha value is -2.63. The number of aromatic nitrogens is 1. The van der Waals surface area contributed by atoms with Crippen LogP contribution in [0.3, 0.4) is 0 Å². The van der Waals surface area contributed by atoms with Crippen LogP contribution in [-0.2, 0) is 11.3 Å². The minimum atomic E-state index is -0.453. The van der Waals surface area contributed by atoms with Crippen molar-refractivity contribution in [3.63, 3.8) is 0 Å². The van der Waals surface area contributed by atoms with Crippen molar-refractivity contribution in [2.75, 3.05) is 11.4 Å². The predicted molar refractivity (Wildman–Crippen MR) is 107 cm³/mol. The first kappa shape index (κ1) is 18.2. The van der Waals surface area contributed by atoms with E-state index in [-0.39, 0.29) is 6.61 Å². The lowest BCUT2D eigenvalue weighted by atomic mass is 10.2. The molecule has 26 heavy (non-hydrogen) atoms. The maximum absolute atomic E-state index is 12.5. The molecule has 0 aliphatic heterocycles. The third kappa shape index (κ3) is 4.50. The van der Waals surface area contributed by atoms with Crippen molar-refractivity contribution in [3.8, 4) is 11.3 Å². The van der Waals surface area contributed by atoms with Crippen LogP contribution in [0.25, 0.3) is 11.3 Å². The fraction of sp³-hybridized carbons (Fsp3) is 0.100. The number of nitrogens with zero attached hydrogens (tertiary/aromatic N) is 2. The average Bonchev–Trinajstić information content (AvgIpc) is 3.15. The summed E-state index contributed by atoms with van der Waals surface area (Å²) in [6.07, 6.45) is 1.19. The Morgan fingerprint density at radius 1 is 1.19 bits per heavy atom. The van der Waals surface area contributed by atoms with Gasteiger partial charge in [-0.3, -0.25) is 0 Å². The summed E-state index contributed by atoms with van der Waals surface area (Å²) in [5.41, 5.74) is 2.65. The minimum absolute atomic E-state index is 0.211. The van der Waals surface area contributed by atoms with Crippen molar-refractivity contribution in [2.45, 2.75) is 6.61 Å². The topological polar surface area (TPSA) is 42.4 Å². The van der Waals surface area contributed by atoms with Gasteiger partial charge in [0.2, 0.25) is 0 Å². The van der Waals surface area contributed by atoms with E-state index in [9.17, 15) is 4.79 Å². The number of carbonyl (C=O) groups excluding carboxylic acids is 1. The first-order valence-electron chi connectivity index (χ1n) is 7.98. The van der Waals surface area contributed by atoms with E-state index in [1.54, 1.807) is 6.08 Å². The van der Waals surface area contributed by atoms with Gasteiger partial charge >= 0.3 is 6.09 Å². The number of carbonyl (C=O) groups is 1. The highest BCUT2D eigenvalue weighted by Gasteiger charge is 2.20. The number of rotatable bonds is 6. The van der Waals surface area contributed by atoms with Crippen molar-refractivity contribution in [3.05, 3.63) is 83.2 Å². The molecule has 1 heterocycles. The summed E-state index contributed by atoms with van der Waals surface area (Å²) in [6.45, 7) is 4.25. The highest BCUT2D eigenvalue weighted by atomic mass is 35.5. The third-order valence-corrected chi connectivity index (χ3v) is 4.72. The summed E-state index contributed by atoms with van der Waals surface area (Å²) in [5, 5.41) is 3.13. The highest BCUT2D eigenvalue weighted by molar-refractivity contribution is 7.14. The molecule has 0 fully saturated rings. The molecule has 1 aromatic heterocycles. The number of thiazole rings is 1. The maximum Gasteiger partial charge on any atom is 0.416 e. The van der Waals surface area contributed by atoms with E-state index in [0.717, 1.165) is 16.8 Å². The van der Waals surface area contributed by atoms with E-state index in [0.29, 0.717) is 16.7 Å². The van der Waals surface area contributed by atoms with E-state index in [2.05, 4.69) is 11.6 Å². The van der Waals surface area contributed by atoms with Crippen LogP contribution >= 0.6 is 22.9 Å². The van der Waals surface area contributed by atoms with E-state index in [1.807, 2.05) is 60.0 Å². The van der Waals surface area contributed by atoms with Gasteiger partial charge in [0.1, 0.15) is 6.61 Å². The Morgan fingerprint density at radius 3 is 2.62 bits per heavy atom. The molecule has 132 valence electrons. The molecular weight excluding hydrogens is 368 g/mol. The van der Waals surface area contributed by atoms with E-state index in [4.69, 9.17) is 16.3 Å². The van der Waals surface area contributed by atoms with Gasteiger partial charge in [-0.1, -0.05) is 60.1 Å². The van der Waals surface area contributed by atoms with Crippen molar-refractivity contribution >= 4 is 34.2 Å². The molecule has 0 aliphatic carbocycles. The normalized spacial score (nSPS) is 10.3. The number of amides is 1. The molecular formula is C20H17ClN2O2S. The molecule has 0 saturated carbocycles. The monoisotopic (exact) mass is 384 g/mol. The largest absolute Gasteiger partial charge is 0.444 e. The average molecular weight is 385 g/mol. The van der Waals surface area contributed by atoms with Gasteiger partial charge in [-0.25, -0.2) is 14.7 Å². The van der Waals surface area contributed by atoms with Crippen LogP contribution < -0.4 is 4.90 Å². The van der Waals surface area contributed by atoms with E-state index in [1.165, 1.54) is 16.2 Å². The van der Waals surface area contributed by atoms with Crippen LogP contribution in [0.15, 0.2) is 72.6 Å². The molecule has 4 nitrogen and oxygen atoms in total. The van der Waals surface area contributed by atoms with E-state index >= 15 is 0 Å². The van der Waals surface area contributed by atoms with Crippen LogP contribution in [0.1, 0.15) is 5.56 Å². The second-order valence-corrected chi connectivity index (χ2v) is 6.73. The molecule has 0 spiro atoms. The number of hydrogen-bond acceptors (Lipinski definition) is 4. The van der Waals surface area contributed by atoms with Crippen LogP contribution in [-0.4, -0.2) is 17.6 Å². The molecule has 0 N–H and O–H groups in total. The fourth-order valence-corrected chi connectivity index (χ4v) is 3.26. The van der Waals surface area contributed by atoms with Gasteiger partial charge in [0.25, 0.3) is 0 Å². The van der Waals surface area contributed by atoms with Crippen LogP contribution in [0, 0.1) is 0 Å². The number of halogens is 1. The second kappa shape index (κ2) is 8.65. The SMILES string of the molecule is C=CCN(C(=O)OCc1ccccc1)c1nc(-c2ccc(Cl)cc2)cs1. The lowest BCUT2D eigenvalue weighted by Crippen LogP contribution is -2.31. The van der Waals surface area contributed by atoms with Gasteiger partial charge < -0.3 is 4.74 Å². The molecule has 2 aromatic carbocycles. The highest BCUT2D eigenvalue weighted by Crippen LogP contribution is 2.28. The number of ether oxygens (including phenoxy) is 1. The smallest absolute Gasteiger partial charge is 0.416 e. The molecule has 3 rings (SSSR count). The first-order valence-corrected chi connectivity index (χ1v) is 9.23. The zero-order valence-corrected chi connectivity index (χ0v) is 15.5. The van der Waals surface area contributed by atoms with Crippen molar-refractivity contribution in [1.29, 1.82) is 0 Å². The Balaban J connectivity index is 1.74. The maximum atomic E-state index is 12.5. The lowest BCUT2D eigenvalue weighted by molar-refractivity contribution is 0.147. The minimum Gasteiger partial charge on any atom is -0.444 e. The molecule has 3 aromatic rings. The summed E-state index contributed by atoms with van der Waals surface area (Å²) in [7, 11) is 0. The molecule has 6 heteroatoms. The fourth-order valence-electron chi connectivity index (χ4n) is 2.30. The number of benzene rings is 2. The molecule has 1 amide bonds. The summed E-state index contributed by atoms with van der Waals surface area (Å²) in [5.74, 6) is 0. The van der Waals surface area contributed by atoms with Gasteiger partial charge in [0, 0.05) is 22.5 Å². The molecule has 0 aliphatic rings. The second-order valence-electron chi connectivity index (χ2n) is 5.46. The third-order valence-electron chi connectivity index (χ3n) is 3.60. The zero-order chi connectivity index (χ0) is 18.4. The predicted octanol–water partition coefficient (Wildman–Crippen LogP) is 5.79. The van der Waals surface area contributed by atoms with Crippen molar-refractivity contribution in [2.24, 2.45) is 0 Å². The number of anilines is 1. The van der Waals surface area contributed by atoms with Crippen LogP contribution in [0.2, 0.25) is 5.02 Å². The summed E-state index contributed by atoms with van der Waals surface area (Å²) >= 11 is 7.30. The Kier molecular flexibility index (Phi) is 6.04. The van der Waals surface area contributed by atoms with Crippen LogP contribution in [0.4, 0.5) is 9.93 Å². The van der Waals surface area contributed by atoms with Gasteiger partial charge in [-0.15, -0.1) is 17.9 Å². The Labute approximate surface area is 161 Å². The van der Waals surface area contributed by atoms with Gasteiger partial charge in [-0.05, 0) is 17.7 Å². The lowest BCUT2D eigenvalue weighted by Gasteiger charge is -2.17. The molecule has 0 saturated heterocycles. The molecule has 0 radical (unpaired) electrons. The first-order chi connectivity index (χ1) is 12.7. The standard InChI is InChI=1S/C20H17ClN2O2S/c1-2-12-23(20(24)25-13-15-6-4-3-5-7-15)19-22-18(14-26-19)16-8-10-17(21)11-9-16/h2-11,14H,1,12-13H2.